The largest absolute Gasteiger partial charge is 0.495 e. The number of methoxy groups -OCH3 is 1. The number of anilines is 1. The summed E-state index contributed by atoms with van der Waals surface area (Å²) in [6.07, 6.45) is 1.82. The van der Waals surface area contributed by atoms with Crippen LogP contribution in [-0.2, 0) is 32.6 Å². The summed E-state index contributed by atoms with van der Waals surface area (Å²) in [6.45, 7) is 3.59. The number of hydrogen-bond acceptors (Lipinski definition) is 5. The van der Waals surface area contributed by atoms with Crippen LogP contribution >= 0.6 is 23.2 Å². The number of halogens is 2. The summed E-state index contributed by atoms with van der Waals surface area (Å²) in [5.74, 6) is -0.689. The SMILES string of the molecule is CCCCNC(=O)[C@@H](Cc1ccccc1)N(Cc1ccc(Cl)cc1Cl)C(=O)CN(c1cc(C)ccc1OC)S(=O)(=O)c1ccccc1. The van der Waals surface area contributed by atoms with Crippen LogP contribution in [0.3, 0.4) is 0 Å². The van der Waals surface area contributed by atoms with Gasteiger partial charge in [-0.25, -0.2) is 8.42 Å². The first-order valence-corrected chi connectivity index (χ1v) is 17.5. The Morgan fingerprint density at radius 2 is 1.60 bits per heavy atom. The number of rotatable bonds is 15. The van der Waals surface area contributed by atoms with Crippen molar-refractivity contribution < 1.29 is 22.7 Å². The maximum Gasteiger partial charge on any atom is 0.264 e. The Morgan fingerprint density at radius 3 is 2.23 bits per heavy atom. The Bertz CT molecular complexity index is 1770. The number of benzene rings is 4. The van der Waals surface area contributed by atoms with Crippen LogP contribution in [0.1, 0.15) is 36.5 Å². The molecule has 0 saturated heterocycles. The highest BCUT2D eigenvalue weighted by Gasteiger charge is 2.35. The lowest BCUT2D eigenvalue weighted by atomic mass is 10.0. The predicted molar refractivity (Wildman–Crippen MR) is 188 cm³/mol. The van der Waals surface area contributed by atoms with E-state index in [9.17, 15) is 18.0 Å². The van der Waals surface area contributed by atoms with Crippen molar-refractivity contribution in [1.82, 2.24) is 10.2 Å². The van der Waals surface area contributed by atoms with Crippen molar-refractivity contribution in [3.05, 3.63) is 124 Å². The van der Waals surface area contributed by atoms with E-state index < -0.39 is 28.5 Å². The Morgan fingerprint density at radius 1 is 0.915 bits per heavy atom. The predicted octanol–water partition coefficient (Wildman–Crippen LogP) is 7.06. The van der Waals surface area contributed by atoms with E-state index in [2.05, 4.69) is 5.32 Å². The van der Waals surface area contributed by atoms with Gasteiger partial charge in [0, 0.05) is 29.6 Å². The Hall–Kier alpha value is -4.05. The molecule has 1 atom stereocenters. The maximum atomic E-state index is 14.7. The van der Waals surface area contributed by atoms with Gasteiger partial charge in [-0.05, 0) is 66.4 Å². The number of amides is 2. The van der Waals surface area contributed by atoms with Crippen molar-refractivity contribution in [2.24, 2.45) is 0 Å². The first-order valence-electron chi connectivity index (χ1n) is 15.3. The molecule has 0 fully saturated rings. The lowest BCUT2D eigenvalue weighted by Crippen LogP contribution is -2.53. The van der Waals surface area contributed by atoms with Gasteiger partial charge in [-0.3, -0.25) is 13.9 Å². The van der Waals surface area contributed by atoms with Crippen LogP contribution in [0.15, 0.2) is 102 Å². The van der Waals surface area contributed by atoms with Crippen molar-refractivity contribution in [2.75, 3.05) is 24.5 Å². The first kappa shape index (κ1) is 35.8. The number of aryl methyl sites for hydroxylation is 1. The molecule has 4 rings (SSSR count). The van der Waals surface area contributed by atoms with Gasteiger partial charge in [-0.15, -0.1) is 0 Å². The fourth-order valence-corrected chi connectivity index (χ4v) is 7.03. The molecule has 248 valence electrons. The number of hydrogen-bond donors (Lipinski definition) is 1. The quantitative estimate of drug-likeness (QED) is 0.134. The van der Waals surface area contributed by atoms with Crippen LogP contribution in [0.25, 0.3) is 0 Å². The summed E-state index contributed by atoms with van der Waals surface area (Å²) < 4.78 is 35.2. The zero-order valence-electron chi connectivity index (χ0n) is 26.7. The van der Waals surface area contributed by atoms with Gasteiger partial charge in [-0.2, -0.15) is 0 Å². The molecule has 0 bridgehead atoms. The van der Waals surface area contributed by atoms with Gasteiger partial charge in [0.15, 0.2) is 0 Å². The third kappa shape index (κ3) is 9.28. The number of carbonyl (C=O) groups is 2. The van der Waals surface area contributed by atoms with Gasteiger partial charge in [0.05, 0.1) is 17.7 Å². The normalized spacial score (nSPS) is 11.9. The van der Waals surface area contributed by atoms with Crippen LogP contribution in [0, 0.1) is 6.92 Å². The second-order valence-electron chi connectivity index (χ2n) is 11.1. The Kier molecular flexibility index (Phi) is 12.7. The second-order valence-corrected chi connectivity index (χ2v) is 13.8. The molecule has 0 aromatic heterocycles. The van der Waals surface area contributed by atoms with E-state index in [-0.39, 0.29) is 35.2 Å². The molecule has 4 aromatic carbocycles. The summed E-state index contributed by atoms with van der Waals surface area (Å²) in [7, 11) is -2.84. The zero-order valence-corrected chi connectivity index (χ0v) is 29.0. The molecule has 0 saturated carbocycles. The molecule has 0 aliphatic rings. The minimum absolute atomic E-state index is 0.00167. The smallest absolute Gasteiger partial charge is 0.264 e. The highest BCUT2D eigenvalue weighted by atomic mass is 35.5. The number of sulfonamides is 1. The average molecular weight is 697 g/mol. The maximum absolute atomic E-state index is 14.7. The van der Waals surface area contributed by atoms with Gasteiger partial charge in [0.2, 0.25) is 11.8 Å². The van der Waals surface area contributed by atoms with Crippen molar-refractivity contribution >= 4 is 50.7 Å². The molecule has 0 unspecified atom stereocenters. The third-order valence-corrected chi connectivity index (χ3v) is 10.0. The highest BCUT2D eigenvalue weighted by molar-refractivity contribution is 7.92. The number of nitrogens with zero attached hydrogens (tertiary/aromatic N) is 2. The van der Waals surface area contributed by atoms with Gasteiger partial charge in [0.25, 0.3) is 10.0 Å². The molecule has 8 nitrogen and oxygen atoms in total. The number of ether oxygens (including phenoxy) is 1. The van der Waals surface area contributed by atoms with E-state index in [0.717, 1.165) is 28.3 Å². The van der Waals surface area contributed by atoms with Crippen molar-refractivity contribution in [1.29, 1.82) is 0 Å². The minimum Gasteiger partial charge on any atom is -0.495 e. The summed E-state index contributed by atoms with van der Waals surface area (Å²) >= 11 is 12.8. The molecule has 0 radical (unpaired) electrons. The number of carbonyl (C=O) groups excluding carboxylic acids is 2. The molecule has 0 aliphatic heterocycles. The fraction of sp³-hybridized carbons (Fsp3) is 0.278. The van der Waals surface area contributed by atoms with E-state index in [1.165, 1.54) is 24.1 Å². The van der Waals surface area contributed by atoms with Crippen LogP contribution < -0.4 is 14.4 Å². The molecule has 11 heteroatoms. The average Bonchev–Trinajstić information content (AvgIpc) is 3.06. The van der Waals surface area contributed by atoms with Crippen LogP contribution in [0.5, 0.6) is 5.75 Å². The third-order valence-electron chi connectivity index (χ3n) is 7.67. The van der Waals surface area contributed by atoms with E-state index in [0.29, 0.717) is 22.2 Å². The van der Waals surface area contributed by atoms with Crippen LogP contribution in [-0.4, -0.2) is 51.4 Å². The topological polar surface area (TPSA) is 96.0 Å². The molecular weight excluding hydrogens is 657 g/mol. The molecule has 0 spiro atoms. The van der Waals surface area contributed by atoms with E-state index in [1.807, 2.05) is 44.2 Å². The lowest BCUT2D eigenvalue weighted by Gasteiger charge is -2.34. The van der Waals surface area contributed by atoms with Crippen LogP contribution in [0.4, 0.5) is 5.69 Å². The van der Waals surface area contributed by atoms with Crippen molar-refractivity contribution in [3.8, 4) is 5.75 Å². The Labute approximate surface area is 287 Å². The molecule has 4 aromatic rings. The van der Waals surface area contributed by atoms with Crippen molar-refractivity contribution in [3.63, 3.8) is 0 Å². The standard InChI is InChI=1S/C36H39Cl2N3O5S/c1-4-5-20-39-36(43)33(22-27-12-8-6-9-13-27)40(24-28-17-18-29(37)23-31(28)38)35(42)25-41(32-21-26(2)16-19-34(32)46-3)47(44,45)30-14-10-7-11-15-30/h6-19,21,23,33H,4-5,20,22,24-25H2,1-3H3,(H,39,43)/t33-/m1/s1. The van der Waals surface area contributed by atoms with Crippen molar-refractivity contribution in [2.45, 2.75) is 50.6 Å². The van der Waals surface area contributed by atoms with E-state index in [1.54, 1.807) is 54.6 Å². The van der Waals surface area contributed by atoms with Crippen LogP contribution in [0.2, 0.25) is 10.0 Å². The van der Waals surface area contributed by atoms with Gasteiger partial charge in [-0.1, -0.05) is 97.2 Å². The monoisotopic (exact) mass is 695 g/mol. The van der Waals surface area contributed by atoms with Gasteiger partial charge in [0.1, 0.15) is 18.3 Å². The zero-order chi connectivity index (χ0) is 34.0. The molecule has 1 N–H and O–H groups in total. The lowest BCUT2D eigenvalue weighted by molar-refractivity contribution is -0.140. The number of unbranched alkanes of at least 4 members (excludes halogenated alkanes) is 1. The molecule has 2 amide bonds. The molecule has 0 heterocycles. The minimum atomic E-state index is -4.28. The molecule has 0 aliphatic carbocycles. The highest BCUT2D eigenvalue weighted by Crippen LogP contribution is 2.34. The summed E-state index contributed by atoms with van der Waals surface area (Å²) in [5, 5.41) is 3.71. The van der Waals surface area contributed by atoms with Gasteiger partial charge >= 0.3 is 0 Å². The number of nitrogens with one attached hydrogen (secondary N) is 1. The second kappa shape index (κ2) is 16.7. The molecular formula is C36H39Cl2N3O5S. The summed E-state index contributed by atoms with van der Waals surface area (Å²) in [6, 6.07) is 26.3. The van der Waals surface area contributed by atoms with E-state index >= 15 is 0 Å². The van der Waals surface area contributed by atoms with E-state index in [4.69, 9.17) is 27.9 Å². The summed E-state index contributed by atoms with van der Waals surface area (Å²) in [4.78, 5) is 30.0. The van der Waals surface area contributed by atoms with Gasteiger partial charge < -0.3 is 15.0 Å². The molecule has 47 heavy (non-hydrogen) atoms. The summed E-state index contributed by atoms with van der Waals surface area (Å²) in [5.41, 5.74) is 2.34. The Balaban J connectivity index is 1.85. The fourth-order valence-electron chi connectivity index (χ4n) is 5.12. The first-order chi connectivity index (χ1) is 22.5.